The lowest BCUT2D eigenvalue weighted by Crippen LogP contribution is -2.45. The molecule has 2 amide bonds. The fourth-order valence-corrected chi connectivity index (χ4v) is 1.83. The number of hydrogen-bond acceptors (Lipinski definition) is 7. The summed E-state index contributed by atoms with van der Waals surface area (Å²) in [5, 5.41) is 13.5. The van der Waals surface area contributed by atoms with Gasteiger partial charge in [-0.2, -0.15) is 23.2 Å². The second-order valence-electron chi connectivity index (χ2n) is 4.80. The molecule has 12 heteroatoms. The minimum absolute atomic E-state index is 0.0812. The van der Waals surface area contributed by atoms with Crippen molar-refractivity contribution in [1.29, 1.82) is 5.41 Å². The van der Waals surface area contributed by atoms with Crippen molar-refractivity contribution in [3.05, 3.63) is 35.7 Å². The molecule has 0 aliphatic heterocycles. The van der Waals surface area contributed by atoms with E-state index in [4.69, 9.17) is 5.41 Å². The fourth-order valence-electron chi connectivity index (χ4n) is 1.83. The normalized spacial score (nSPS) is 11.1. The van der Waals surface area contributed by atoms with E-state index in [2.05, 4.69) is 24.8 Å². The van der Waals surface area contributed by atoms with Crippen LogP contribution in [0.15, 0.2) is 28.8 Å². The molecule has 2 rings (SSSR count). The van der Waals surface area contributed by atoms with Crippen molar-refractivity contribution in [1.82, 2.24) is 20.5 Å². The molecule has 0 fully saturated rings. The number of alkyl halides is 3. The average molecular weight is 371 g/mol. The molecule has 138 valence electrons. The third kappa shape index (κ3) is 4.22. The van der Waals surface area contributed by atoms with E-state index in [1.54, 1.807) is 0 Å². The Morgan fingerprint density at radius 1 is 1.27 bits per heavy atom. The number of amides is 2. The molecule has 0 bridgehead atoms. The molecule has 0 saturated carbocycles. The van der Waals surface area contributed by atoms with Crippen LogP contribution in [0.25, 0.3) is 11.4 Å². The van der Waals surface area contributed by atoms with Gasteiger partial charge in [-0.25, -0.2) is 0 Å². The van der Waals surface area contributed by atoms with Gasteiger partial charge in [0, 0.05) is 18.1 Å². The molecule has 2 aromatic rings. The minimum Gasteiger partial charge on any atom is -0.329 e. The smallest absolute Gasteiger partial charge is 0.329 e. The Balaban J connectivity index is 2.11. The van der Waals surface area contributed by atoms with Crippen LogP contribution in [-0.2, 0) is 15.8 Å². The van der Waals surface area contributed by atoms with Crippen molar-refractivity contribution >= 4 is 17.8 Å². The highest BCUT2D eigenvalue weighted by atomic mass is 19.4. The number of hydroxylamine groups is 2. The zero-order chi connectivity index (χ0) is 19.5. The maximum atomic E-state index is 12.5. The summed E-state index contributed by atoms with van der Waals surface area (Å²) in [6, 6.07) is 5.18. The quantitative estimate of drug-likeness (QED) is 0.482. The molecule has 0 saturated heterocycles. The van der Waals surface area contributed by atoms with Gasteiger partial charge < -0.3 is 4.52 Å². The highest BCUT2D eigenvalue weighted by Gasteiger charge is 2.38. The third-order valence-corrected chi connectivity index (χ3v) is 2.98. The zero-order valence-electron chi connectivity index (χ0n) is 13.4. The molecule has 0 aliphatic rings. The molecule has 1 aromatic heterocycles. The van der Waals surface area contributed by atoms with Crippen molar-refractivity contribution in [2.75, 3.05) is 7.11 Å². The van der Waals surface area contributed by atoms with Crippen molar-refractivity contribution in [3.8, 4) is 11.4 Å². The number of hydrogen-bond donors (Lipinski definition) is 2. The number of carbonyl (C=O) groups excluding carboxylic acids is 2. The molecule has 0 atom stereocenters. The second-order valence-corrected chi connectivity index (χ2v) is 4.80. The van der Waals surface area contributed by atoms with Crippen LogP contribution in [-0.4, -0.2) is 40.1 Å². The van der Waals surface area contributed by atoms with E-state index in [1.165, 1.54) is 24.3 Å². The van der Waals surface area contributed by atoms with E-state index in [0.717, 1.165) is 14.0 Å². The van der Waals surface area contributed by atoms with E-state index in [1.807, 2.05) is 0 Å². The standard InChI is InChI=1S/C14H12F3N5O4/c1-7(23)22(25-2)13(18)20-11(24)9-5-3-8(4-6-9)10-19-12(26-21-10)14(15,16)17/h3-6H,1-2H3,(H2,18,20,24). The Labute approximate surface area is 144 Å². The molecule has 0 spiro atoms. The van der Waals surface area contributed by atoms with Gasteiger partial charge >= 0.3 is 12.1 Å². The fraction of sp³-hybridized carbons (Fsp3) is 0.214. The SMILES string of the molecule is CON(C(=N)NC(=O)c1ccc(-c2noc(C(F)(F)F)n2)cc1)C(C)=O. The lowest BCUT2D eigenvalue weighted by Gasteiger charge is -2.18. The Hall–Kier alpha value is -3.28. The van der Waals surface area contributed by atoms with Crippen molar-refractivity contribution < 1.29 is 32.1 Å². The average Bonchev–Trinajstić information content (AvgIpc) is 3.05. The van der Waals surface area contributed by atoms with Gasteiger partial charge in [0.15, 0.2) is 0 Å². The first-order chi connectivity index (χ1) is 12.1. The molecule has 0 unspecified atom stereocenters. The molecular weight excluding hydrogens is 359 g/mol. The topological polar surface area (TPSA) is 121 Å². The van der Waals surface area contributed by atoms with Crippen LogP contribution in [0.4, 0.5) is 13.2 Å². The maximum Gasteiger partial charge on any atom is 0.471 e. The van der Waals surface area contributed by atoms with E-state index in [0.29, 0.717) is 5.06 Å². The Kier molecular flexibility index (Phi) is 5.35. The molecule has 2 N–H and O–H groups in total. The number of nitrogens with one attached hydrogen (secondary N) is 2. The first-order valence-electron chi connectivity index (χ1n) is 6.89. The third-order valence-electron chi connectivity index (χ3n) is 2.98. The van der Waals surface area contributed by atoms with Gasteiger partial charge in [0.2, 0.25) is 17.7 Å². The van der Waals surface area contributed by atoms with Crippen LogP contribution in [0.5, 0.6) is 0 Å². The summed E-state index contributed by atoms with van der Waals surface area (Å²) >= 11 is 0. The molecule has 9 nitrogen and oxygen atoms in total. The van der Waals surface area contributed by atoms with Gasteiger partial charge in [-0.3, -0.25) is 25.2 Å². The molecule has 26 heavy (non-hydrogen) atoms. The summed E-state index contributed by atoms with van der Waals surface area (Å²) in [5.41, 5.74) is 0.274. The molecule has 0 aliphatic carbocycles. The second kappa shape index (κ2) is 7.31. The summed E-state index contributed by atoms with van der Waals surface area (Å²) in [5.74, 6) is -3.72. The van der Waals surface area contributed by atoms with E-state index >= 15 is 0 Å². The summed E-state index contributed by atoms with van der Waals surface area (Å²) in [6.07, 6.45) is -4.75. The summed E-state index contributed by atoms with van der Waals surface area (Å²) in [7, 11) is 1.15. The monoisotopic (exact) mass is 371 g/mol. The highest BCUT2D eigenvalue weighted by molar-refractivity contribution is 6.07. The minimum atomic E-state index is -4.75. The summed E-state index contributed by atoms with van der Waals surface area (Å²) in [4.78, 5) is 31.1. The first kappa shape index (κ1) is 19.1. The van der Waals surface area contributed by atoms with Crippen LogP contribution in [0.1, 0.15) is 23.2 Å². The van der Waals surface area contributed by atoms with Crippen LogP contribution in [0.3, 0.4) is 0 Å². The van der Waals surface area contributed by atoms with E-state index in [-0.39, 0.29) is 17.0 Å². The predicted octanol–water partition coefficient (Wildman–Crippen LogP) is 1.83. The van der Waals surface area contributed by atoms with Gasteiger partial charge in [-0.1, -0.05) is 17.3 Å². The number of benzene rings is 1. The van der Waals surface area contributed by atoms with Crippen molar-refractivity contribution in [3.63, 3.8) is 0 Å². The zero-order valence-corrected chi connectivity index (χ0v) is 13.4. The van der Waals surface area contributed by atoms with Gasteiger partial charge in [0.25, 0.3) is 5.91 Å². The molecular formula is C14H12F3N5O4. The van der Waals surface area contributed by atoms with Crippen LogP contribution < -0.4 is 5.32 Å². The van der Waals surface area contributed by atoms with Gasteiger partial charge in [0.1, 0.15) is 0 Å². The molecule has 1 heterocycles. The number of aromatic nitrogens is 2. The van der Waals surface area contributed by atoms with Gasteiger partial charge in [-0.05, 0) is 12.1 Å². The van der Waals surface area contributed by atoms with E-state index in [9.17, 15) is 22.8 Å². The van der Waals surface area contributed by atoms with Crippen LogP contribution in [0, 0.1) is 5.41 Å². The summed E-state index contributed by atoms with van der Waals surface area (Å²) < 4.78 is 41.5. The van der Waals surface area contributed by atoms with Crippen LogP contribution >= 0.6 is 0 Å². The van der Waals surface area contributed by atoms with Crippen molar-refractivity contribution in [2.45, 2.75) is 13.1 Å². The lowest BCUT2D eigenvalue weighted by atomic mass is 10.1. The molecule has 1 aromatic carbocycles. The lowest BCUT2D eigenvalue weighted by molar-refractivity contribution is -0.159. The number of rotatable bonds is 3. The summed E-state index contributed by atoms with van der Waals surface area (Å²) in [6.45, 7) is 1.14. The number of carbonyl (C=O) groups is 2. The predicted molar refractivity (Wildman–Crippen MR) is 79.5 cm³/mol. The van der Waals surface area contributed by atoms with Crippen molar-refractivity contribution in [2.24, 2.45) is 0 Å². The number of guanidine groups is 1. The maximum absolute atomic E-state index is 12.5. The first-order valence-corrected chi connectivity index (χ1v) is 6.89. The van der Waals surface area contributed by atoms with Crippen LogP contribution in [0.2, 0.25) is 0 Å². The van der Waals surface area contributed by atoms with E-state index < -0.39 is 29.8 Å². The highest BCUT2D eigenvalue weighted by Crippen LogP contribution is 2.29. The van der Waals surface area contributed by atoms with Gasteiger partial charge in [-0.15, -0.1) is 0 Å². The Morgan fingerprint density at radius 3 is 2.35 bits per heavy atom. The number of nitrogens with zero attached hydrogens (tertiary/aromatic N) is 3. The molecule has 0 radical (unpaired) electrons. The Morgan fingerprint density at radius 2 is 1.88 bits per heavy atom. The Bertz CT molecular complexity index is 832. The largest absolute Gasteiger partial charge is 0.471 e. The van der Waals surface area contributed by atoms with Gasteiger partial charge in [0.05, 0.1) is 7.11 Å². The number of halogens is 3.